The number of carboxylic acid groups (broad SMARTS) is 1. The Labute approximate surface area is 119 Å². The van der Waals surface area contributed by atoms with Gasteiger partial charge >= 0.3 is 12.0 Å². The van der Waals surface area contributed by atoms with Gasteiger partial charge < -0.3 is 15.7 Å². The van der Waals surface area contributed by atoms with Crippen LogP contribution in [0.25, 0.3) is 0 Å². The number of carbonyl (C=O) groups excluding carboxylic acids is 1. The van der Waals surface area contributed by atoms with Crippen LogP contribution in [-0.4, -0.2) is 23.7 Å². The Kier molecular flexibility index (Phi) is 5.55. The fourth-order valence-electron chi connectivity index (χ4n) is 1.66. The standard InChI is InChI=1S/C15H22N2O3/c1-15(2,3)7-8-16-14(20)17-12-6-4-5-11(9-12)10-13(18)19/h4-6,9H,7-8,10H2,1-3H3,(H,18,19)(H2,16,17,20). The van der Waals surface area contributed by atoms with Crippen molar-refractivity contribution < 1.29 is 14.7 Å². The summed E-state index contributed by atoms with van der Waals surface area (Å²) in [7, 11) is 0. The minimum absolute atomic E-state index is 0.0544. The van der Waals surface area contributed by atoms with E-state index in [1.165, 1.54) is 0 Å². The quantitative estimate of drug-likeness (QED) is 0.775. The summed E-state index contributed by atoms with van der Waals surface area (Å²) in [6.45, 7) is 6.94. The normalized spacial score (nSPS) is 10.9. The van der Waals surface area contributed by atoms with E-state index in [9.17, 15) is 9.59 Å². The molecule has 5 heteroatoms. The van der Waals surface area contributed by atoms with E-state index in [1.54, 1.807) is 24.3 Å². The third-order valence-electron chi connectivity index (χ3n) is 2.70. The molecule has 0 aliphatic carbocycles. The van der Waals surface area contributed by atoms with Gasteiger partial charge in [0.25, 0.3) is 0 Å². The molecule has 1 aromatic rings. The van der Waals surface area contributed by atoms with Gasteiger partial charge in [0.15, 0.2) is 0 Å². The number of anilines is 1. The second kappa shape index (κ2) is 6.93. The molecule has 1 aromatic carbocycles. The molecule has 0 heterocycles. The lowest BCUT2D eigenvalue weighted by Crippen LogP contribution is -2.31. The smallest absolute Gasteiger partial charge is 0.319 e. The molecule has 0 radical (unpaired) electrons. The van der Waals surface area contributed by atoms with E-state index in [2.05, 4.69) is 31.4 Å². The van der Waals surface area contributed by atoms with Crippen LogP contribution in [0.3, 0.4) is 0 Å². The van der Waals surface area contributed by atoms with Crippen LogP contribution in [0.5, 0.6) is 0 Å². The summed E-state index contributed by atoms with van der Waals surface area (Å²) in [5, 5.41) is 14.2. The van der Waals surface area contributed by atoms with Gasteiger partial charge in [-0.2, -0.15) is 0 Å². The van der Waals surface area contributed by atoms with Crippen LogP contribution in [-0.2, 0) is 11.2 Å². The van der Waals surface area contributed by atoms with Crippen molar-refractivity contribution in [2.75, 3.05) is 11.9 Å². The zero-order chi connectivity index (χ0) is 15.2. The van der Waals surface area contributed by atoms with Gasteiger partial charge in [-0.3, -0.25) is 4.79 Å². The first kappa shape index (κ1) is 16.0. The fourth-order valence-corrected chi connectivity index (χ4v) is 1.66. The number of benzene rings is 1. The summed E-state index contributed by atoms with van der Waals surface area (Å²) in [6.07, 6.45) is 0.834. The summed E-state index contributed by atoms with van der Waals surface area (Å²) in [5.41, 5.74) is 1.43. The van der Waals surface area contributed by atoms with E-state index in [4.69, 9.17) is 5.11 Å². The van der Waals surface area contributed by atoms with E-state index in [1.807, 2.05) is 0 Å². The number of rotatable bonds is 5. The van der Waals surface area contributed by atoms with Crippen molar-refractivity contribution in [3.63, 3.8) is 0 Å². The highest BCUT2D eigenvalue weighted by Crippen LogP contribution is 2.17. The maximum atomic E-state index is 11.7. The Morgan fingerprint density at radius 2 is 1.95 bits per heavy atom. The van der Waals surface area contributed by atoms with Gasteiger partial charge in [0.1, 0.15) is 0 Å². The molecule has 0 bridgehead atoms. The molecule has 20 heavy (non-hydrogen) atoms. The van der Waals surface area contributed by atoms with Crippen LogP contribution in [0.1, 0.15) is 32.8 Å². The third kappa shape index (κ3) is 6.78. The zero-order valence-electron chi connectivity index (χ0n) is 12.2. The van der Waals surface area contributed by atoms with Crippen LogP contribution < -0.4 is 10.6 Å². The summed E-state index contributed by atoms with van der Waals surface area (Å²) in [4.78, 5) is 22.3. The number of carboxylic acids is 1. The molecule has 0 aliphatic heterocycles. The first-order chi connectivity index (χ1) is 9.26. The number of hydrogen-bond acceptors (Lipinski definition) is 2. The molecule has 2 amide bonds. The average Bonchev–Trinajstić information content (AvgIpc) is 2.26. The van der Waals surface area contributed by atoms with Crippen molar-refractivity contribution in [3.8, 4) is 0 Å². The van der Waals surface area contributed by atoms with Gasteiger partial charge in [-0.25, -0.2) is 4.79 Å². The van der Waals surface area contributed by atoms with Crippen molar-refractivity contribution in [3.05, 3.63) is 29.8 Å². The lowest BCUT2D eigenvalue weighted by molar-refractivity contribution is -0.136. The van der Waals surface area contributed by atoms with Gasteiger partial charge in [0.2, 0.25) is 0 Å². The highest BCUT2D eigenvalue weighted by molar-refractivity contribution is 5.89. The monoisotopic (exact) mass is 278 g/mol. The molecular weight excluding hydrogens is 256 g/mol. The number of nitrogens with one attached hydrogen (secondary N) is 2. The SMILES string of the molecule is CC(C)(C)CCNC(=O)Nc1cccc(CC(=O)O)c1. The largest absolute Gasteiger partial charge is 0.481 e. The fraction of sp³-hybridized carbons (Fsp3) is 0.467. The minimum atomic E-state index is -0.892. The topological polar surface area (TPSA) is 78.4 Å². The third-order valence-corrected chi connectivity index (χ3v) is 2.70. The van der Waals surface area contributed by atoms with Gasteiger partial charge in [-0.05, 0) is 29.5 Å². The number of urea groups is 1. The second-order valence-corrected chi connectivity index (χ2v) is 5.96. The lowest BCUT2D eigenvalue weighted by atomic mass is 9.92. The predicted octanol–water partition coefficient (Wildman–Crippen LogP) is 2.87. The van der Waals surface area contributed by atoms with Crippen LogP contribution in [0, 0.1) is 5.41 Å². The van der Waals surface area contributed by atoms with Crippen molar-refractivity contribution in [2.24, 2.45) is 5.41 Å². The summed E-state index contributed by atoms with van der Waals surface area (Å²) < 4.78 is 0. The lowest BCUT2D eigenvalue weighted by Gasteiger charge is -2.18. The number of carbonyl (C=O) groups is 2. The van der Waals surface area contributed by atoms with Gasteiger partial charge in [-0.15, -0.1) is 0 Å². The van der Waals surface area contributed by atoms with Gasteiger partial charge in [-0.1, -0.05) is 32.9 Å². The average molecular weight is 278 g/mol. The molecule has 3 N–H and O–H groups in total. The molecule has 0 saturated carbocycles. The molecular formula is C15H22N2O3. The Morgan fingerprint density at radius 1 is 1.25 bits per heavy atom. The molecule has 0 unspecified atom stereocenters. The van der Waals surface area contributed by atoms with E-state index < -0.39 is 5.97 Å². The highest BCUT2D eigenvalue weighted by atomic mass is 16.4. The summed E-state index contributed by atoms with van der Waals surface area (Å²) in [5.74, 6) is -0.892. The van der Waals surface area contributed by atoms with E-state index in [0.29, 0.717) is 17.8 Å². The zero-order valence-corrected chi connectivity index (χ0v) is 12.2. The van der Waals surface area contributed by atoms with E-state index in [0.717, 1.165) is 6.42 Å². The predicted molar refractivity (Wildman–Crippen MR) is 78.9 cm³/mol. The maximum absolute atomic E-state index is 11.7. The van der Waals surface area contributed by atoms with E-state index in [-0.39, 0.29) is 17.9 Å². The molecule has 110 valence electrons. The van der Waals surface area contributed by atoms with Gasteiger partial charge in [0, 0.05) is 12.2 Å². The van der Waals surface area contributed by atoms with Crippen LogP contribution >= 0.6 is 0 Å². The van der Waals surface area contributed by atoms with Crippen LogP contribution in [0.2, 0.25) is 0 Å². The Balaban J connectivity index is 2.47. The van der Waals surface area contributed by atoms with E-state index >= 15 is 0 Å². The van der Waals surface area contributed by atoms with Crippen molar-refractivity contribution in [1.29, 1.82) is 0 Å². The second-order valence-electron chi connectivity index (χ2n) is 5.96. The molecule has 5 nitrogen and oxygen atoms in total. The van der Waals surface area contributed by atoms with Crippen molar-refractivity contribution >= 4 is 17.7 Å². The maximum Gasteiger partial charge on any atom is 0.319 e. The molecule has 0 spiro atoms. The Hall–Kier alpha value is -2.04. The van der Waals surface area contributed by atoms with Gasteiger partial charge in [0.05, 0.1) is 6.42 Å². The van der Waals surface area contributed by atoms with Crippen molar-refractivity contribution in [2.45, 2.75) is 33.6 Å². The molecule has 1 rings (SSSR count). The minimum Gasteiger partial charge on any atom is -0.481 e. The van der Waals surface area contributed by atoms with Crippen LogP contribution in [0.15, 0.2) is 24.3 Å². The number of aliphatic carboxylic acids is 1. The van der Waals surface area contributed by atoms with Crippen LogP contribution in [0.4, 0.5) is 10.5 Å². The number of amides is 2. The molecule has 0 aromatic heterocycles. The molecule has 0 atom stereocenters. The Bertz CT molecular complexity index is 478. The number of hydrogen-bond donors (Lipinski definition) is 3. The Morgan fingerprint density at radius 3 is 2.55 bits per heavy atom. The molecule has 0 aliphatic rings. The summed E-state index contributed by atoms with van der Waals surface area (Å²) in [6, 6.07) is 6.56. The molecule has 0 saturated heterocycles. The first-order valence-corrected chi connectivity index (χ1v) is 6.62. The highest BCUT2D eigenvalue weighted by Gasteiger charge is 2.10. The first-order valence-electron chi connectivity index (χ1n) is 6.62. The van der Waals surface area contributed by atoms with Crippen molar-refractivity contribution in [1.82, 2.24) is 5.32 Å². The molecule has 0 fully saturated rings. The summed E-state index contributed by atoms with van der Waals surface area (Å²) >= 11 is 0.